The summed E-state index contributed by atoms with van der Waals surface area (Å²) in [6.07, 6.45) is 0. The van der Waals surface area contributed by atoms with Crippen LogP contribution in [0.1, 0.15) is 37.1 Å². The monoisotopic (exact) mass is 295 g/mol. The number of rotatable bonds is 4. The Morgan fingerprint density at radius 3 is 2.25 bits per heavy atom. The topological polar surface area (TPSA) is 12.0 Å². The van der Waals surface area contributed by atoms with E-state index in [0.717, 1.165) is 5.56 Å². The Kier molecular flexibility index (Phi) is 4.73. The van der Waals surface area contributed by atoms with Crippen molar-refractivity contribution in [3.8, 4) is 0 Å². The molecule has 0 heterocycles. The summed E-state index contributed by atoms with van der Waals surface area (Å²) in [7, 11) is 0. The standard InChI is InChI=1S/C16H16ClF2N/c1-10(13-8-7-12(18)9-15(13)17)20-11(2)14-5-3-4-6-16(14)19/h3-11,20H,1-2H3. The smallest absolute Gasteiger partial charge is 0.127 e. The molecular weight excluding hydrogens is 280 g/mol. The summed E-state index contributed by atoms with van der Waals surface area (Å²) < 4.78 is 26.7. The number of hydrogen-bond acceptors (Lipinski definition) is 1. The molecule has 0 aromatic heterocycles. The molecule has 0 fully saturated rings. The zero-order valence-electron chi connectivity index (χ0n) is 11.3. The third-order valence-corrected chi connectivity index (χ3v) is 3.63. The van der Waals surface area contributed by atoms with E-state index < -0.39 is 0 Å². The molecule has 2 aromatic rings. The highest BCUT2D eigenvalue weighted by Crippen LogP contribution is 2.26. The van der Waals surface area contributed by atoms with Crippen LogP contribution in [0, 0.1) is 11.6 Å². The molecule has 0 saturated carbocycles. The minimum absolute atomic E-state index is 0.113. The second kappa shape index (κ2) is 6.33. The third kappa shape index (κ3) is 3.35. The van der Waals surface area contributed by atoms with Gasteiger partial charge in [-0.15, -0.1) is 0 Å². The fourth-order valence-corrected chi connectivity index (χ4v) is 2.56. The molecule has 0 radical (unpaired) electrons. The number of hydrogen-bond donors (Lipinski definition) is 1. The van der Waals surface area contributed by atoms with Crippen LogP contribution in [0.25, 0.3) is 0 Å². The van der Waals surface area contributed by atoms with Crippen LogP contribution in [-0.2, 0) is 0 Å². The maximum atomic E-state index is 13.7. The predicted molar refractivity (Wildman–Crippen MR) is 77.8 cm³/mol. The number of nitrogens with one attached hydrogen (secondary N) is 1. The Hall–Kier alpha value is -1.45. The second-order valence-electron chi connectivity index (χ2n) is 4.80. The molecule has 2 unspecified atom stereocenters. The van der Waals surface area contributed by atoms with Crippen LogP contribution < -0.4 is 5.32 Å². The average Bonchev–Trinajstić information content (AvgIpc) is 2.38. The fourth-order valence-electron chi connectivity index (χ4n) is 2.23. The summed E-state index contributed by atoms with van der Waals surface area (Å²) in [5.41, 5.74) is 1.38. The van der Waals surface area contributed by atoms with Crippen molar-refractivity contribution in [2.75, 3.05) is 0 Å². The summed E-state index contributed by atoms with van der Waals surface area (Å²) in [6, 6.07) is 10.6. The van der Waals surface area contributed by atoms with Crippen LogP contribution in [0.15, 0.2) is 42.5 Å². The van der Waals surface area contributed by atoms with Crippen molar-refractivity contribution in [2.45, 2.75) is 25.9 Å². The highest BCUT2D eigenvalue weighted by Gasteiger charge is 2.16. The Balaban J connectivity index is 2.15. The fraction of sp³-hybridized carbons (Fsp3) is 0.250. The van der Waals surface area contributed by atoms with Crippen molar-refractivity contribution in [1.29, 1.82) is 0 Å². The Labute approximate surface area is 122 Å². The molecule has 0 aliphatic rings. The van der Waals surface area contributed by atoms with Gasteiger partial charge in [0.1, 0.15) is 11.6 Å². The van der Waals surface area contributed by atoms with E-state index in [-0.39, 0.29) is 23.7 Å². The number of halogens is 3. The molecule has 0 saturated heterocycles. The van der Waals surface area contributed by atoms with Gasteiger partial charge in [-0.05, 0) is 37.6 Å². The van der Waals surface area contributed by atoms with Gasteiger partial charge in [-0.2, -0.15) is 0 Å². The SMILES string of the molecule is CC(NC(C)c1ccc(F)cc1Cl)c1ccccc1F. The first kappa shape index (κ1) is 14.9. The van der Waals surface area contributed by atoms with Gasteiger partial charge in [0, 0.05) is 22.7 Å². The average molecular weight is 296 g/mol. The molecule has 4 heteroatoms. The van der Waals surface area contributed by atoms with Crippen LogP contribution in [0.5, 0.6) is 0 Å². The molecule has 0 aliphatic heterocycles. The summed E-state index contributed by atoms with van der Waals surface area (Å²) in [4.78, 5) is 0. The van der Waals surface area contributed by atoms with E-state index >= 15 is 0 Å². The van der Waals surface area contributed by atoms with Crippen LogP contribution in [0.3, 0.4) is 0 Å². The first-order chi connectivity index (χ1) is 9.49. The summed E-state index contributed by atoms with van der Waals surface area (Å²) in [5, 5.41) is 3.63. The van der Waals surface area contributed by atoms with Crippen molar-refractivity contribution in [3.63, 3.8) is 0 Å². The summed E-state index contributed by atoms with van der Waals surface area (Å²) >= 11 is 6.03. The van der Waals surface area contributed by atoms with Gasteiger partial charge in [-0.25, -0.2) is 8.78 Å². The molecule has 0 amide bonds. The van der Waals surface area contributed by atoms with E-state index in [1.807, 2.05) is 13.8 Å². The lowest BCUT2D eigenvalue weighted by atomic mass is 10.0. The minimum Gasteiger partial charge on any atom is -0.303 e. The van der Waals surface area contributed by atoms with E-state index in [4.69, 9.17) is 11.6 Å². The first-order valence-corrected chi connectivity index (χ1v) is 6.82. The minimum atomic E-state index is -0.367. The lowest BCUT2D eigenvalue weighted by molar-refractivity contribution is 0.473. The Morgan fingerprint density at radius 1 is 0.950 bits per heavy atom. The van der Waals surface area contributed by atoms with E-state index in [1.54, 1.807) is 24.3 Å². The molecule has 1 nitrogen and oxygen atoms in total. The molecule has 2 atom stereocenters. The molecule has 0 aliphatic carbocycles. The normalized spacial score (nSPS) is 14.1. The molecule has 0 bridgehead atoms. The number of benzene rings is 2. The van der Waals surface area contributed by atoms with Gasteiger partial charge in [-0.1, -0.05) is 35.9 Å². The van der Waals surface area contributed by atoms with Crippen LogP contribution in [-0.4, -0.2) is 0 Å². The van der Waals surface area contributed by atoms with Crippen molar-refractivity contribution in [2.24, 2.45) is 0 Å². The predicted octanol–water partition coefficient (Wildman–Crippen LogP) is 5.03. The van der Waals surface area contributed by atoms with Crippen LogP contribution in [0.4, 0.5) is 8.78 Å². The molecule has 1 N–H and O–H groups in total. The van der Waals surface area contributed by atoms with Gasteiger partial charge in [0.05, 0.1) is 0 Å². The van der Waals surface area contributed by atoms with Crippen LogP contribution >= 0.6 is 11.6 Å². The Morgan fingerprint density at radius 2 is 1.60 bits per heavy atom. The largest absolute Gasteiger partial charge is 0.303 e. The van der Waals surface area contributed by atoms with Crippen molar-refractivity contribution < 1.29 is 8.78 Å². The highest BCUT2D eigenvalue weighted by atomic mass is 35.5. The van der Waals surface area contributed by atoms with Gasteiger partial charge in [0.15, 0.2) is 0 Å². The molecule has 2 aromatic carbocycles. The van der Waals surface area contributed by atoms with Gasteiger partial charge in [0.2, 0.25) is 0 Å². The molecule has 106 valence electrons. The van der Waals surface area contributed by atoms with Gasteiger partial charge >= 0.3 is 0 Å². The lowest BCUT2D eigenvalue weighted by Crippen LogP contribution is -2.23. The molecule has 20 heavy (non-hydrogen) atoms. The van der Waals surface area contributed by atoms with E-state index in [1.165, 1.54) is 18.2 Å². The maximum Gasteiger partial charge on any atom is 0.127 e. The van der Waals surface area contributed by atoms with Crippen molar-refractivity contribution in [1.82, 2.24) is 5.32 Å². The van der Waals surface area contributed by atoms with Gasteiger partial charge < -0.3 is 5.32 Å². The zero-order valence-corrected chi connectivity index (χ0v) is 12.1. The van der Waals surface area contributed by atoms with E-state index in [9.17, 15) is 8.78 Å². The first-order valence-electron chi connectivity index (χ1n) is 6.44. The zero-order chi connectivity index (χ0) is 14.7. The summed E-state index contributed by atoms with van der Waals surface area (Å²) in [5.74, 6) is -0.613. The van der Waals surface area contributed by atoms with Gasteiger partial charge in [0.25, 0.3) is 0 Å². The Bertz CT molecular complexity index is 601. The van der Waals surface area contributed by atoms with Crippen molar-refractivity contribution in [3.05, 3.63) is 70.2 Å². The van der Waals surface area contributed by atoms with Gasteiger partial charge in [-0.3, -0.25) is 0 Å². The highest BCUT2D eigenvalue weighted by molar-refractivity contribution is 6.31. The van der Waals surface area contributed by atoms with Crippen LogP contribution in [0.2, 0.25) is 5.02 Å². The second-order valence-corrected chi connectivity index (χ2v) is 5.20. The quantitative estimate of drug-likeness (QED) is 0.834. The van der Waals surface area contributed by atoms with E-state index in [2.05, 4.69) is 5.32 Å². The van der Waals surface area contributed by atoms with E-state index in [0.29, 0.717) is 10.6 Å². The molecule has 0 spiro atoms. The molecule has 2 rings (SSSR count). The summed E-state index contributed by atoms with van der Waals surface area (Å²) in [6.45, 7) is 3.79. The van der Waals surface area contributed by atoms with Crippen molar-refractivity contribution >= 4 is 11.6 Å². The maximum absolute atomic E-state index is 13.7. The third-order valence-electron chi connectivity index (χ3n) is 3.30. The lowest BCUT2D eigenvalue weighted by Gasteiger charge is -2.22. The molecular formula is C16H16ClF2N.